The van der Waals surface area contributed by atoms with Gasteiger partial charge < -0.3 is 14.5 Å². The van der Waals surface area contributed by atoms with Gasteiger partial charge in [0.2, 0.25) is 0 Å². The maximum atomic E-state index is 13.2. The molecule has 4 rings (SSSR count). The molecule has 150 valence electrons. The average molecular weight is 392 g/mol. The van der Waals surface area contributed by atoms with Crippen molar-refractivity contribution in [2.24, 2.45) is 0 Å². The van der Waals surface area contributed by atoms with E-state index in [1.807, 2.05) is 31.7 Å². The summed E-state index contributed by atoms with van der Waals surface area (Å²) < 4.78 is 5.31. The third-order valence-electron chi connectivity index (χ3n) is 5.34. The fourth-order valence-corrected chi connectivity index (χ4v) is 3.93. The van der Waals surface area contributed by atoms with Crippen LogP contribution in [-0.4, -0.2) is 37.6 Å². The van der Waals surface area contributed by atoms with Gasteiger partial charge in [-0.25, -0.2) is 9.97 Å². The highest BCUT2D eigenvalue weighted by atomic mass is 16.5. The summed E-state index contributed by atoms with van der Waals surface area (Å²) in [4.78, 5) is 24.5. The van der Waals surface area contributed by atoms with Crippen LogP contribution in [0.1, 0.15) is 58.6 Å². The van der Waals surface area contributed by atoms with Crippen molar-refractivity contribution >= 4 is 5.91 Å². The number of carbonyl (C=O) groups is 1. The number of piperidine rings is 1. The minimum absolute atomic E-state index is 0.0707. The van der Waals surface area contributed by atoms with Crippen LogP contribution in [-0.2, 0) is 0 Å². The summed E-state index contributed by atoms with van der Waals surface area (Å²) in [5.41, 5.74) is 3.82. The van der Waals surface area contributed by atoms with Crippen molar-refractivity contribution in [2.75, 3.05) is 6.54 Å². The largest absolute Gasteiger partial charge is 0.508 e. The molecule has 1 amide bonds. The highest BCUT2D eigenvalue weighted by Crippen LogP contribution is 2.33. The molecule has 0 bridgehead atoms. The predicted octanol–water partition coefficient (Wildman–Crippen LogP) is 4.13. The molecule has 0 spiro atoms. The Morgan fingerprint density at radius 1 is 1.14 bits per heavy atom. The van der Waals surface area contributed by atoms with E-state index in [0.717, 1.165) is 41.9 Å². The Morgan fingerprint density at radius 3 is 2.59 bits per heavy atom. The van der Waals surface area contributed by atoms with Crippen LogP contribution in [0.25, 0.3) is 11.3 Å². The summed E-state index contributed by atoms with van der Waals surface area (Å²) in [6.45, 7) is 6.35. The number of aryl methyl sites for hydroxylation is 3. The molecule has 0 saturated carbocycles. The number of carbonyl (C=O) groups excluding carboxylic acids is 1. The lowest BCUT2D eigenvalue weighted by Gasteiger charge is -2.35. The van der Waals surface area contributed by atoms with Gasteiger partial charge in [0.15, 0.2) is 5.82 Å². The zero-order chi connectivity index (χ0) is 20.5. The van der Waals surface area contributed by atoms with Gasteiger partial charge in [0, 0.05) is 17.8 Å². The van der Waals surface area contributed by atoms with Crippen LogP contribution in [0.15, 0.2) is 34.9 Å². The third kappa shape index (κ3) is 3.72. The van der Waals surface area contributed by atoms with Gasteiger partial charge in [-0.05, 0) is 70.4 Å². The Morgan fingerprint density at radius 2 is 1.90 bits per heavy atom. The second-order valence-corrected chi connectivity index (χ2v) is 7.51. The number of hydrogen-bond donors (Lipinski definition) is 1. The van der Waals surface area contributed by atoms with Gasteiger partial charge in [0.1, 0.15) is 11.5 Å². The molecule has 1 aliphatic heterocycles. The highest BCUT2D eigenvalue weighted by Gasteiger charge is 2.31. The quantitative estimate of drug-likeness (QED) is 0.720. The number of benzene rings is 1. The lowest BCUT2D eigenvalue weighted by molar-refractivity contribution is 0.0599. The second-order valence-electron chi connectivity index (χ2n) is 7.51. The number of phenolic OH excluding ortho intramolecular Hbond substituents is 1. The summed E-state index contributed by atoms with van der Waals surface area (Å²) in [6.07, 6.45) is 2.78. The first kappa shape index (κ1) is 19.1. The minimum atomic E-state index is -0.191. The number of likely N-dealkylation sites (tertiary alicyclic amines) is 1. The monoisotopic (exact) mass is 392 g/mol. The standard InChI is InChI=1S/C22H24N4O3/c1-13-12-18(20-14(2)25-29-15(20)3)24-21(23-13)19-6-4-5-11-26(19)22(28)16-7-9-17(27)10-8-16/h7-10,12,19,27H,4-6,11H2,1-3H3. The summed E-state index contributed by atoms with van der Waals surface area (Å²) >= 11 is 0. The van der Waals surface area contributed by atoms with Crippen molar-refractivity contribution in [1.82, 2.24) is 20.0 Å². The van der Waals surface area contributed by atoms with Gasteiger partial charge >= 0.3 is 0 Å². The molecule has 3 heterocycles. The van der Waals surface area contributed by atoms with Crippen LogP contribution in [0.2, 0.25) is 0 Å². The van der Waals surface area contributed by atoms with Crippen LogP contribution < -0.4 is 0 Å². The van der Waals surface area contributed by atoms with Crippen molar-refractivity contribution in [2.45, 2.75) is 46.1 Å². The Bertz CT molecular complexity index is 1020. The van der Waals surface area contributed by atoms with Crippen molar-refractivity contribution in [3.63, 3.8) is 0 Å². The number of aromatic nitrogens is 3. The molecule has 7 nitrogen and oxygen atoms in total. The van der Waals surface area contributed by atoms with Crippen molar-refractivity contribution in [3.05, 3.63) is 58.9 Å². The van der Waals surface area contributed by atoms with Gasteiger partial charge in [-0.3, -0.25) is 4.79 Å². The first-order chi connectivity index (χ1) is 13.9. The van der Waals surface area contributed by atoms with Gasteiger partial charge in [-0.1, -0.05) is 5.16 Å². The number of aromatic hydroxyl groups is 1. The molecule has 29 heavy (non-hydrogen) atoms. The molecule has 1 aliphatic rings. The van der Waals surface area contributed by atoms with Crippen molar-refractivity contribution in [3.8, 4) is 17.0 Å². The molecule has 1 saturated heterocycles. The summed E-state index contributed by atoms with van der Waals surface area (Å²) in [6, 6.07) is 8.09. The summed E-state index contributed by atoms with van der Waals surface area (Å²) in [7, 11) is 0. The molecule has 1 fully saturated rings. The van der Waals surface area contributed by atoms with E-state index in [1.54, 1.807) is 12.1 Å². The Hall–Kier alpha value is -3.22. The lowest BCUT2D eigenvalue weighted by atomic mass is 9.99. The zero-order valence-electron chi connectivity index (χ0n) is 16.8. The van der Waals surface area contributed by atoms with Crippen LogP contribution >= 0.6 is 0 Å². The molecule has 1 unspecified atom stereocenters. The average Bonchev–Trinajstić information content (AvgIpc) is 3.05. The second kappa shape index (κ2) is 7.66. The fraction of sp³-hybridized carbons (Fsp3) is 0.364. The molecule has 1 aromatic carbocycles. The molecule has 7 heteroatoms. The minimum Gasteiger partial charge on any atom is -0.508 e. The van der Waals surface area contributed by atoms with E-state index >= 15 is 0 Å². The zero-order valence-corrected chi connectivity index (χ0v) is 16.8. The summed E-state index contributed by atoms with van der Waals surface area (Å²) in [5, 5.41) is 13.6. The van der Waals surface area contributed by atoms with Crippen LogP contribution in [0.3, 0.4) is 0 Å². The lowest BCUT2D eigenvalue weighted by Crippen LogP contribution is -2.39. The molecular weight excluding hydrogens is 368 g/mol. The van der Waals surface area contributed by atoms with Crippen molar-refractivity contribution in [1.29, 1.82) is 0 Å². The van der Waals surface area contributed by atoms with Gasteiger partial charge in [0.05, 0.1) is 23.0 Å². The van der Waals surface area contributed by atoms with E-state index in [4.69, 9.17) is 9.51 Å². The van der Waals surface area contributed by atoms with Gasteiger partial charge in [0.25, 0.3) is 5.91 Å². The molecule has 2 aromatic heterocycles. The number of rotatable bonds is 3. The van der Waals surface area contributed by atoms with Crippen LogP contribution in [0, 0.1) is 20.8 Å². The smallest absolute Gasteiger partial charge is 0.254 e. The SMILES string of the molecule is Cc1cc(-c2c(C)noc2C)nc(C2CCCCN2C(=O)c2ccc(O)cc2)n1. The molecule has 3 aromatic rings. The van der Waals surface area contributed by atoms with Crippen LogP contribution in [0.4, 0.5) is 0 Å². The molecule has 0 radical (unpaired) electrons. The molecule has 1 N–H and O–H groups in total. The van der Waals surface area contributed by atoms with E-state index in [-0.39, 0.29) is 17.7 Å². The first-order valence-electron chi connectivity index (χ1n) is 9.83. The topological polar surface area (TPSA) is 92.4 Å². The van der Waals surface area contributed by atoms with Gasteiger partial charge in [-0.15, -0.1) is 0 Å². The van der Waals surface area contributed by atoms with E-state index in [9.17, 15) is 9.90 Å². The first-order valence-corrected chi connectivity index (χ1v) is 9.83. The molecule has 0 aliphatic carbocycles. The maximum absolute atomic E-state index is 13.2. The van der Waals surface area contributed by atoms with E-state index in [1.165, 1.54) is 12.1 Å². The van der Waals surface area contributed by atoms with Crippen molar-refractivity contribution < 1.29 is 14.4 Å². The number of phenols is 1. The fourth-order valence-electron chi connectivity index (χ4n) is 3.93. The summed E-state index contributed by atoms with van der Waals surface area (Å²) in [5.74, 6) is 1.43. The Kier molecular flexibility index (Phi) is 5.05. The van der Waals surface area contributed by atoms with E-state index in [0.29, 0.717) is 23.7 Å². The number of hydrogen-bond acceptors (Lipinski definition) is 6. The number of nitrogens with zero attached hydrogens (tertiary/aromatic N) is 4. The molecular formula is C22H24N4O3. The third-order valence-corrected chi connectivity index (χ3v) is 5.34. The van der Waals surface area contributed by atoms with E-state index in [2.05, 4.69) is 10.1 Å². The number of amides is 1. The van der Waals surface area contributed by atoms with Crippen LogP contribution in [0.5, 0.6) is 5.75 Å². The van der Waals surface area contributed by atoms with E-state index < -0.39 is 0 Å². The Labute approximate surface area is 169 Å². The normalized spacial score (nSPS) is 16.8. The maximum Gasteiger partial charge on any atom is 0.254 e. The Balaban J connectivity index is 1.72. The molecule has 1 atom stereocenters. The predicted molar refractivity (Wildman–Crippen MR) is 107 cm³/mol. The van der Waals surface area contributed by atoms with Gasteiger partial charge in [-0.2, -0.15) is 0 Å². The highest BCUT2D eigenvalue weighted by molar-refractivity contribution is 5.94.